The topological polar surface area (TPSA) is 42.2 Å². The fraction of sp³-hybridized carbons (Fsp3) is 0.208. The Labute approximate surface area is 159 Å². The number of carbonyl (C=O) groups excluding carboxylic acids is 1. The molecule has 0 spiro atoms. The van der Waals surface area contributed by atoms with Crippen molar-refractivity contribution in [3.05, 3.63) is 82.6 Å². The molecule has 27 heavy (non-hydrogen) atoms. The summed E-state index contributed by atoms with van der Waals surface area (Å²) in [5, 5.41) is 6.27. The molecule has 0 saturated heterocycles. The van der Waals surface area contributed by atoms with Crippen LogP contribution in [-0.2, 0) is 0 Å². The molecule has 0 fully saturated rings. The lowest BCUT2D eigenvalue weighted by molar-refractivity contribution is 0.0914. The van der Waals surface area contributed by atoms with E-state index in [0.29, 0.717) is 5.76 Å². The Morgan fingerprint density at radius 3 is 2.44 bits per heavy atom. The maximum atomic E-state index is 12.8. The lowest BCUT2D eigenvalue weighted by Crippen LogP contribution is -2.26. The molecule has 1 aromatic heterocycles. The van der Waals surface area contributed by atoms with E-state index in [1.54, 1.807) is 0 Å². The molecule has 1 atom stereocenters. The van der Waals surface area contributed by atoms with Gasteiger partial charge in [0.25, 0.3) is 5.91 Å². The van der Waals surface area contributed by atoms with E-state index in [2.05, 4.69) is 50.4 Å². The molecule has 1 unspecified atom stereocenters. The zero-order chi connectivity index (χ0) is 19.1. The molecule has 0 saturated carbocycles. The molecule has 3 aromatic carbocycles. The van der Waals surface area contributed by atoms with Crippen LogP contribution >= 0.6 is 0 Å². The van der Waals surface area contributed by atoms with Crippen LogP contribution in [0, 0.1) is 20.8 Å². The predicted octanol–water partition coefficient (Wildman–Crippen LogP) is 6.00. The van der Waals surface area contributed by atoms with Crippen LogP contribution < -0.4 is 5.32 Å². The third-order valence-corrected chi connectivity index (χ3v) is 5.35. The van der Waals surface area contributed by atoms with Gasteiger partial charge in [0, 0.05) is 5.39 Å². The third kappa shape index (κ3) is 3.10. The fourth-order valence-electron chi connectivity index (χ4n) is 3.70. The molecule has 1 amide bonds. The van der Waals surface area contributed by atoms with Gasteiger partial charge in [0.15, 0.2) is 5.76 Å². The van der Waals surface area contributed by atoms with Gasteiger partial charge in [0.2, 0.25) is 0 Å². The lowest BCUT2D eigenvalue weighted by Gasteiger charge is -2.17. The summed E-state index contributed by atoms with van der Waals surface area (Å²) in [7, 11) is 0. The molecule has 0 aliphatic rings. The number of hydrogen-bond donors (Lipinski definition) is 1. The van der Waals surface area contributed by atoms with Gasteiger partial charge in [-0.1, -0.05) is 42.5 Å². The van der Waals surface area contributed by atoms with Crippen LogP contribution in [0.2, 0.25) is 0 Å². The molecule has 0 aliphatic heterocycles. The first-order valence-electron chi connectivity index (χ1n) is 9.24. The molecule has 4 aromatic rings. The highest BCUT2D eigenvalue weighted by atomic mass is 16.3. The average molecular weight is 357 g/mol. The summed E-state index contributed by atoms with van der Waals surface area (Å²) in [5.41, 5.74) is 5.54. The van der Waals surface area contributed by atoms with E-state index in [4.69, 9.17) is 4.42 Å². The molecule has 1 heterocycles. The summed E-state index contributed by atoms with van der Waals surface area (Å²) in [6.07, 6.45) is 0. The van der Waals surface area contributed by atoms with Gasteiger partial charge in [-0.3, -0.25) is 4.79 Å². The van der Waals surface area contributed by atoms with Crippen LogP contribution in [0.5, 0.6) is 0 Å². The Morgan fingerprint density at radius 1 is 0.889 bits per heavy atom. The minimum Gasteiger partial charge on any atom is -0.451 e. The number of benzene rings is 3. The molecule has 0 aliphatic carbocycles. The molecule has 1 N–H and O–H groups in total. The van der Waals surface area contributed by atoms with Crippen LogP contribution in [0.4, 0.5) is 0 Å². The van der Waals surface area contributed by atoms with Crippen LogP contribution in [0.25, 0.3) is 21.7 Å². The van der Waals surface area contributed by atoms with E-state index < -0.39 is 0 Å². The van der Waals surface area contributed by atoms with Crippen molar-refractivity contribution < 1.29 is 9.21 Å². The van der Waals surface area contributed by atoms with Gasteiger partial charge in [-0.25, -0.2) is 0 Å². The third-order valence-electron chi connectivity index (χ3n) is 5.35. The molecular weight excluding hydrogens is 334 g/mol. The Bertz CT molecular complexity index is 1170. The van der Waals surface area contributed by atoms with Crippen molar-refractivity contribution in [2.45, 2.75) is 33.7 Å². The van der Waals surface area contributed by atoms with Gasteiger partial charge in [0.05, 0.1) is 6.04 Å². The van der Waals surface area contributed by atoms with Gasteiger partial charge in [-0.2, -0.15) is 0 Å². The second kappa shape index (κ2) is 6.58. The van der Waals surface area contributed by atoms with Crippen molar-refractivity contribution in [3.63, 3.8) is 0 Å². The van der Waals surface area contributed by atoms with Crippen LogP contribution in [0.1, 0.15) is 45.8 Å². The number of amides is 1. The molecular formula is C24H23NO2. The van der Waals surface area contributed by atoms with Crippen molar-refractivity contribution in [2.24, 2.45) is 0 Å². The normalized spacial score (nSPS) is 12.4. The minimum atomic E-state index is -0.194. The van der Waals surface area contributed by atoms with E-state index in [0.717, 1.165) is 27.3 Å². The Balaban J connectivity index is 1.65. The number of nitrogens with one attached hydrogen (secondary N) is 1. The number of furan rings is 1. The number of carbonyl (C=O) groups is 1. The fourth-order valence-corrected chi connectivity index (χ4v) is 3.70. The van der Waals surface area contributed by atoms with Crippen LogP contribution in [0.15, 0.2) is 59.0 Å². The smallest absolute Gasteiger partial charge is 0.287 e. The Morgan fingerprint density at radius 2 is 1.63 bits per heavy atom. The number of aryl methyl sites for hydroxylation is 3. The van der Waals surface area contributed by atoms with Gasteiger partial charge in [0.1, 0.15) is 5.58 Å². The van der Waals surface area contributed by atoms with Crippen molar-refractivity contribution in [2.75, 3.05) is 0 Å². The highest BCUT2D eigenvalue weighted by molar-refractivity contribution is 6.08. The first-order valence-corrected chi connectivity index (χ1v) is 9.24. The van der Waals surface area contributed by atoms with Crippen molar-refractivity contribution >= 4 is 27.6 Å². The maximum absolute atomic E-state index is 12.8. The molecule has 136 valence electrons. The SMILES string of the molecule is Cc1cc(C)c(C(C)NC(=O)c2cc3c(ccc4ccccc43)o2)cc1C. The first kappa shape index (κ1) is 17.3. The zero-order valence-corrected chi connectivity index (χ0v) is 16.1. The highest BCUT2D eigenvalue weighted by Crippen LogP contribution is 2.29. The van der Waals surface area contributed by atoms with E-state index in [-0.39, 0.29) is 11.9 Å². The van der Waals surface area contributed by atoms with E-state index in [9.17, 15) is 4.79 Å². The maximum Gasteiger partial charge on any atom is 0.287 e. The summed E-state index contributed by atoms with van der Waals surface area (Å²) in [4.78, 5) is 12.8. The first-order chi connectivity index (χ1) is 12.9. The van der Waals surface area contributed by atoms with E-state index >= 15 is 0 Å². The molecule has 0 radical (unpaired) electrons. The lowest BCUT2D eigenvalue weighted by atomic mass is 9.96. The van der Waals surface area contributed by atoms with Gasteiger partial charge in [-0.05, 0) is 72.9 Å². The summed E-state index contributed by atoms with van der Waals surface area (Å²) < 4.78 is 5.84. The summed E-state index contributed by atoms with van der Waals surface area (Å²) in [6.45, 7) is 8.29. The van der Waals surface area contributed by atoms with Gasteiger partial charge >= 0.3 is 0 Å². The average Bonchev–Trinajstić information content (AvgIpc) is 3.09. The summed E-state index contributed by atoms with van der Waals surface area (Å²) in [6, 6.07) is 18.1. The molecule has 4 rings (SSSR count). The molecule has 3 nitrogen and oxygen atoms in total. The quantitative estimate of drug-likeness (QED) is 0.488. The van der Waals surface area contributed by atoms with E-state index in [1.165, 1.54) is 16.7 Å². The Kier molecular flexibility index (Phi) is 4.23. The van der Waals surface area contributed by atoms with Crippen molar-refractivity contribution in [1.82, 2.24) is 5.32 Å². The van der Waals surface area contributed by atoms with Crippen molar-refractivity contribution in [1.29, 1.82) is 0 Å². The van der Waals surface area contributed by atoms with Crippen LogP contribution in [-0.4, -0.2) is 5.91 Å². The van der Waals surface area contributed by atoms with Crippen molar-refractivity contribution in [3.8, 4) is 0 Å². The standard InChI is InChI=1S/C24H23NO2/c1-14-11-16(3)20(12-15(14)2)17(4)25-24(26)23-13-21-19-8-6-5-7-18(19)9-10-22(21)27-23/h5-13,17H,1-4H3,(H,25,26). The number of hydrogen-bond acceptors (Lipinski definition) is 2. The zero-order valence-electron chi connectivity index (χ0n) is 16.1. The predicted molar refractivity (Wildman–Crippen MR) is 110 cm³/mol. The Hall–Kier alpha value is -3.07. The second-order valence-electron chi connectivity index (χ2n) is 7.30. The van der Waals surface area contributed by atoms with Crippen LogP contribution in [0.3, 0.4) is 0 Å². The van der Waals surface area contributed by atoms with Gasteiger partial charge in [-0.15, -0.1) is 0 Å². The minimum absolute atomic E-state index is 0.0956. The van der Waals surface area contributed by atoms with E-state index in [1.807, 2.05) is 37.3 Å². The largest absolute Gasteiger partial charge is 0.451 e. The monoisotopic (exact) mass is 357 g/mol. The summed E-state index contributed by atoms with van der Waals surface area (Å²) in [5.74, 6) is 0.148. The molecule has 0 bridgehead atoms. The number of fused-ring (bicyclic) bond motifs is 3. The second-order valence-corrected chi connectivity index (χ2v) is 7.30. The summed E-state index contributed by atoms with van der Waals surface area (Å²) >= 11 is 0. The van der Waals surface area contributed by atoms with Gasteiger partial charge < -0.3 is 9.73 Å². The number of rotatable bonds is 3. The molecule has 3 heteroatoms. The highest BCUT2D eigenvalue weighted by Gasteiger charge is 2.18.